The highest BCUT2D eigenvalue weighted by atomic mass is 35.5. The number of unbranched alkanes of at least 4 members (excludes halogenated alkanes) is 5. The van der Waals surface area contributed by atoms with Gasteiger partial charge in [-0.25, -0.2) is 4.98 Å². The summed E-state index contributed by atoms with van der Waals surface area (Å²) in [6.45, 7) is 3.67. The summed E-state index contributed by atoms with van der Waals surface area (Å²) in [5.41, 5.74) is 0.973. The normalized spacial score (nSPS) is 12.5. The van der Waals surface area contributed by atoms with Crippen molar-refractivity contribution >= 4 is 23.2 Å². The predicted octanol–water partition coefficient (Wildman–Crippen LogP) is 6.31. The average Bonchev–Trinajstić information content (AvgIpc) is 3.06. The molecule has 132 valence electrons. The van der Waals surface area contributed by atoms with E-state index in [1.165, 1.54) is 32.1 Å². The molecule has 0 saturated heterocycles. The van der Waals surface area contributed by atoms with E-state index in [9.17, 15) is 0 Å². The van der Waals surface area contributed by atoms with Crippen molar-refractivity contribution in [1.82, 2.24) is 9.55 Å². The molecule has 0 aliphatic heterocycles. The van der Waals surface area contributed by atoms with E-state index in [-0.39, 0.29) is 6.10 Å². The molecule has 2 aromatic rings. The highest BCUT2D eigenvalue weighted by Gasteiger charge is 2.16. The highest BCUT2D eigenvalue weighted by Crippen LogP contribution is 2.30. The Morgan fingerprint density at radius 1 is 1.12 bits per heavy atom. The van der Waals surface area contributed by atoms with E-state index in [1.807, 2.05) is 22.9 Å². The summed E-state index contributed by atoms with van der Waals surface area (Å²) in [5, 5.41) is 1.29. The van der Waals surface area contributed by atoms with Crippen molar-refractivity contribution in [2.24, 2.45) is 0 Å². The fraction of sp³-hybridized carbons (Fsp3) is 0.526. The van der Waals surface area contributed by atoms with Gasteiger partial charge in [0, 0.05) is 34.6 Å². The van der Waals surface area contributed by atoms with Crippen molar-refractivity contribution in [1.29, 1.82) is 0 Å². The van der Waals surface area contributed by atoms with Gasteiger partial charge in [0.25, 0.3) is 0 Å². The first-order valence-corrected chi connectivity index (χ1v) is 9.48. The van der Waals surface area contributed by atoms with Crippen LogP contribution in [0.25, 0.3) is 0 Å². The Morgan fingerprint density at radius 2 is 1.92 bits per heavy atom. The van der Waals surface area contributed by atoms with Crippen LogP contribution in [0.3, 0.4) is 0 Å². The van der Waals surface area contributed by atoms with Crippen LogP contribution >= 0.6 is 23.2 Å². The first kappa shape index (κ1) is 19.3. The molecule has 3 nitrogen and oxygen atoms in total. The Kier molecular flexibility index (Phi) is 8.65. The molecular formula is C19H26Cl2N2O. The summed E-state index contributed by atoms with van der Waals surface area (Å²) in [5.74, 6) is 0. The highest BCUT2D eigenvalue weighted by molar-refractivity contribution is 6.35. The maximum atomic E-state index is 6.37. The van der Waals surface area contributed by atoms with Crippen LogP contribution in [0.2, 0.25) is 10.0 Å². The first-order valence-electron chi connectivity index (χ1n) is 8.73. The topological polar surface area (TPSA) is 27.1 Å². The van der Waals surface area contributed by atoms with Crippen LogP contribution in [-0.2, 0) is 11.3 Å². The molecule has 1 atom stereocenters. The molecule has 0 fully saturated rings. The number of imidazole rings is 1. The molecular weight excluding hydrogens is 343 g/mol. The van der Waals surface area contributed by atoms with Gasteiger partial charge >= 0.3 is 0 Å². The first-order chi connectivity index (χ1) is 11.7. The average molecular weight is 369 g/mol. The minimum absolute atomic E-state index is 0.0976. The summed E-state index contributed by atoms with van der Waals surface area (Å²) >= 11 is 12.4. The zero-order valence-corrected chi connectivity index (χ0v) is 15.8. The molecule has 0 saturated carbocycles. The minimum atomic E-state index is -0.0976. The summed E-state index contributed by atoms with van der Waals surface area (Å²) in [6.07, 6.45) is 12.9. The van der Waals surface area contributed by atoms with Gasteiger partial charge < -0.3 is 9.30 Å². The second kappa shape index (κ2) is 10.8. The number of benzene rings is 1. The molecule has 0 aliphatic carbocycles. The second-order valence-electron chi connectivity index (χ2n) is 6.05. The van der Waals surface area contributed by atoms with Crippen molar-refractivity contribution < 1.29 is 4.74 Å². The molecule has 0 radical (unpaired) electrons. The maximum absolute atomic E-state index is 6.37. The number of aromatic nitrogens is 2. The fourth-order valence-corrected chi connectivity index (χ4v) is 3.23. The Morgan fingerprint density at radius 3 is 2.62 bits per heavy atom. The molecule has 0 bridgehead atoms. The molecule has 1 unspecified atom stereocenters. The molecule has 1 heterocycles. The third-order valence-electron chi connectivity index (χ3n) is 4.06. The summed E-state index contributed by atoms with van der Waals surface area (Å²) in [6, 6.07) is 5.58. The lowest BCUT2D eigenvalue weighted by Crippen LogP contribution is -2.13. The van der Waals surface area contributed by atoms with Gasteiger partial charge in [0.2, 0.25) is 0 Å². The van der Waals surface area contributed by atoms with Crippen molar-refractivity contribution in [2.45, 2.75) is 58.1 Å². The van der Waals surface area contributed by atoms with Gasteiger partial charge in [0.05, 0.1) is 12.9 Å². The lowest BCUT2D eigenvalue weighted by Gasteiger charge is -2.20. The third-order valence-corrected chi connectivity index (χ3v) is 4.62. The molecule has 0 amide bonds. The Balaban J connectivity index is 1.91. The molecule has 0 N–H and O–H groups in total. The SMILES string of the molecule is CCCCCCCCOC(Cn1ccnc1)c1ccc(Cl)cc1Cl. The van der Waals surface area contributed by atoms with Gasteiger partial charge in [-0.2, -0.15) is 0 Å². The Labute approximate surface area is 154 Å². The fourth-order valence-electron chi connectivity index (χ4n) is 2.70. The van der Waals surface area contributed by atoms with Crippen LogP contribution < -0.4 is 0 Å². The van der Waals surface area contributed by atoms with Crippen LogP contribution in [0.1, 0.15) is 57.1 Å². The maximum Gasteiger partial charge on any atom is 0.102 e. The van der Waals surface area contributed by atoms with E-state index >= 15 is 0 Å². The van der Waals surface area contributed by atoms with E-state index in [4.69, 9.17) is 27.9 Å². The van der Waals surface area contributed by atoms with E-state index in [1.54, 1.807) is 18.6 Å². The van der Waals surface area contributed by atoms with E-state index in [2.05, 4.69) is 11.9 Å². The van der Waals surface area contributed by atoms with Crippen molar-refractivity contribution in [3.63, 3.8) is 0 Å². The van der Waals surface area contributed by atoms with Crippen molar-refractivity contribution in [3.05, 3.63) is 52.5 Å². The predicted molar refractivity (Wildman–Crippen MR) is 101 cm³/mol. The largest absolute Gasteiger partial charge is 0.372 e. The van der Waals surface area contributed by atoms with Crippen LogP contribution in [0.4, 0.5) is 0 Å². The smallest absolute Gasteiger partial charge is 0.102 e. The second-order valence-corrected chi connectivity index (χ2v) is 6.90. The van der Waals surface area contributed by atoms with Gasteiger partial charge in [0.1, 0.15) is 6.10 Å². The zero-order chi connectivity index (χ0) is 17.2. The van der Waals surface area contributed by atoms with Gasteiger partial charge in [-0.1, -0.05) is 68.3 Å². The van der Waals surface area contributed by atoms with Crippen molar-refractivity contribution in [2.75, 3.05) is 6.61 Å². The van der Waals surface area contributed by atoms with Gasteiger partial charge in [0.15, 0.2) is 0 Å². The van der Waals surface area contributed by atoms with Gasteiger partial charge in [-0.05, 0) is 18.6 Å². The van der Waals surface area contributed by atoms with Gasteiger partial charge in [-0.3, -0.25) is 0 Å². The number of ether oxygens (including phenoxy) is 1. The van der Waals surface area contributed by atoms with Crippen LogP contribution in [0.5, 0.6) is 0 Å². The number of rotatable bonds is 11. The third kappa shape index (κ3) is 6.46. The van der Waals surface area contributed by atoms with Crippen LogP contribution in [-0.4, -0.2) is 16.2 Å². The molecule has 0 spiro atoms. The lowest BCUT2D eigenvalue weighted by molar-refractivity contribution is 0.0380. The van der Waals surface area contributed by atoms with Gasteiger partial charge in [-0.15, -0.1) is 0 Å². The summed E-state index contributed by atoms with van der Waals surface area (Å²) in [4.78, 5) is 4.10. The molecule has 1 aromatic heterocycles. The number of hydrogen-bond donors (Lipinski definition) is 0. The molecule has 24 heavy (non-hydrogen) atoms. The molecule has 5 heteroatoms. The van der Waals surface area contributed by atoms with Crippen LogP contribution in [0.15, 0.2) is 36.9 Å². The minimum Gasteiger partial charge on any atom is -0.372 e. The van der Waals surface area contributed by atoms with E-state index in [0.717, 1.165) is 18.6 Å². The number of hydrogen-bond acceptors (Lipinski definition) is 2. The lowest BCUT2D eigenvalue weighted by atomic mass is 10.1. The summed E-state index contributed by atoms with van der Waals surface area (Å²) < 4.78 is 8.16. The zero-order valence-electron chi connectivity index (χ0n) is 14.3. The number of halogens is 2. The molecule has 2 rings (SSSR count). The van der Waals surface area contributed by atoms with Crippen molar-refractivity contribution in [3.8, 4) is 0 Å². The monoisotopic (exact) mass is 368 g/mol. The van der Waals surface area contributed by atoms with Crippen LogP contribution in [0, 0.1) is 0 Å². The quantitative estimate of drug-likeness (QED) is 0.434. The Bertz CT molecular complexity index is 587. The Hall–Kier alpha value is -1.03. The summed E-state index contributed by atoms with van der Waals surface area (Å²) in [7, 11) is 0. The van der Waals surface area contributed by atoms with E-state index < -0.39 is 0 Å². The van der Waals surface area contributed by atoms with E-state index in [0.29, 0.717) is 16.6 Å². The molecule has 0 aliphatic rings. The molecule has 1 aromatic carbocycles. The number of nitrogens with zero attached hydrogens (tertiary/aromatic N) is 2. The standard InChI is InChI=1S/C19H26Cl2N2O/c1-2-3-4-5-6-7-12-24-19(14-23-11-10-22-15-23)17-9-8-16(20)13-18(17)21/h8-11,13,15,19H,2-7,12,14H2,1H3.